The lowest BCUT2D eigenvalue weighted by atomic mass is 10.00. The maximum absolute atomic E-state index is 14.1. The van der Waals surface area contributed by atoms with E-state index in [1.807, 2.05) is 6.07 Å². The Labute approximate surface area is 131 Å². The third-order valence-corrected chi connectivity index (χ3v) is 3.33. The van der Waals surface area contributed by atoms with Crippen LogP contribution in [0.5, 0.6) is 0 Å². The van der Waals surface area contributed by atoms with Gasteiger partial charge in [-0.1, -0.05) is 48.5 Å². The topological polar surface area (TPSA) is 94.9 Å². The van der Waals surface area contributed by atoms with Crippen LogP contribution in [-0.4, -0.2) is 15.8 Å². The van der Waals surface area contributed by atoms with Crippen molar-refractivity contribution >= 4 is 17.5 Å². The summed E-state index contributed by atoms with van der Waals surface area (Å²) < 4.78 is 14.1. The number of anilines is 2. The number of ketones is 1. The quantitative estimate of drug-likeness (QED) is 0.725. The fourth-order valence-corrected chi connectivity index (χ4v) is 2.24. The lowest BCUT2D eigenvalue weighted by molar-refractivity contribution is 0.103. The highest BCUT2D eigenvalue weighted by atomic mass is 19.1. The van der Waals surface area contributed by atoms with E-state index in [0.29, 0.717) is 16.7 Å². The maximum Gasteiger partial charge on any atom is 0.222 e. The highest BCUT2D eigenvalue weighted by Gasteiger charge is 2.15. The molecule has 0 fully saturated rings. The SMILES string of the molecule is Nc1nc(N)c(F)c(-c2cccc(C(=O)c3ccccc3)c2)n1. The van der Waals surface area contributed by atoms with E-state index < -0.39 is 5.82 Å². The number of benzene rings is 2. The third-order valence-electron chi connectivity index (χ3n) is 3.33. The monoisotopic (exact) mass is 308 g/mol. The minimum absolute atomic E-state index is 0.0299. The Morgan fingerprint density at radius 3 is 2.35 bits per heavy atom. The van der Waals surface area contributed by atoms with E-state index in [2.05, 4.69) is 9.97 Å². The van der Waals surface area contributed by atoms with Gasteiger partial charge < -0.3 is 11.5 Å². The van der Waals surface area contributed by atoms with Gasteiger partial charge in [0.15, 0.2) is 17.4 Å². The molecule has 6 heteroatoms. The zero-order chi connectivity index (χ0) is 16.4. The normalized spacial score (nSPS) is 10.5. The van der Waals surface area contributed by atoms with Gasteiger partial charge >= 0.3 is 0 Å². The molecule has 0 radical (unpaired) electrons. The predicted molar refractivity (Wildman–Crippen MR) is 86.1 cm³/mol. The first-order chi connectivity index (χ1) is 11.1. The molecule has 0 unspecified atom stereocenters. The summed E-state index contributed by atoms with van der Waals surface area (Å²) in [5, 5.41) is 0. The Hall–Kier alpha value is -3.28. The van der Waals surface area contributed by atoms with Gasteiger partial charge in [0.25, 0.3) is 0 Å². The van der Waals surface area contributed by atoms with Crippen molar-refractivity contribution in [3.05, 3.63) is 71.5 Å². The summed E-state index contributed by atoms with van der Waals surface area (Å²) >= 11 is 0. The van der Waals surface area contributed by atoms with Crippen LogP contribution in [-0.2, 0) is 0 Å². The van der Waals surface area contributed by atoms with Gasteiger partial charge in [-0.25, -0.2) is 9.37 Å². The molecule has 114 valence electrons. The summed E-state index contributed by atoms with van der Waals surface area (Å²) in [4.78, 5) is 19.9. The fraction of sp³-hybridized carbons (Fsp3) is 0. The number of nitrogens with zero attached hydrogens (tertiary/aromatic N) is 2. The predicted octanol–water partition coefficient (Wildman–Crippen LogP) is 2.68. The second-order valence-corrected chi connectivity index (χ2v) is 4.91. The first-order valence-electron chi connectivity index (χ1n) is 6.85. The van der Waals surface area contributed by atoms with Gasteiger partial charge in [0.05, 0.1) is 0 Å². The summed E-state index contributed by atoms with van der Waals surface area (Å²) in [6.07, 6.45) is 0. The number of nitrogens with two attached hydrogens (primary N) is 2. The molecule has 1 aromatic heterocycles. The van der Waals surface area contributed by atoms with Crippen LogP contribution in [0.3, 0.4) is 0 Å². The molecule has 3 aromatic rings. The second kappa shape index (κ2) is 5.84. The minimum atomic E-state index is -0.761. The number of carbonyl (C=O) groups excluding carboxylic acids is 1. The van der Waals surface area contributed by atoms with Crippen LogP contribution >= 0.6 is 0 Å². The molecule has 1 heterocycles. The molecule has 4 N–H and O–H groups in total. The van der Waals surface area contributed by atoms with Crippen molar-refractivity contribution in [2.75, 3.05) is 11.5 Å². The molecule has 3 rings (SSSR count). The van der Waals surface area contributed by atoms with Gasteiger partial charge in [-0.3, -0.25) is 4.79 Å². The lowest BCUT2D eigenvalue weighted by Crippen LogP contribution is -2.06. The number of rotatable bonds is 3. The van der Waals surface area contributed by atoms with Crippen LogP contribution in [0.2, 0.25) is 0 Å². The van der Waals surface area contributed by atoms with E-state index in [1.54, 1.807) is 48.5 Å². The van der Waals surface area contributed by atoms with E-state index in [1.165, 1.54) is 0 Å². The molecule has 0 saturated carbocycles. The largest absolute Gasteiger partial charge is 0.381 e. The van der Waals surface area contributed by atoms with Gasteiger partial charge in [0, 0.05) is 16.7 Å². The van der Waals surface area contributed by atoms with Gasteiger partial charge in [0.1, 0.15) is 5.69 Å². The molecule has 0 aliphatic heterocycles. The third kappa shape index (κ3) is 2.87. The Morgan fingerprint density at radius 2 is 1.61 bits per heavy atom. The van der Waals surface area contributed by atoms with Gasteiger partial charge in [-0.05, 0) is 6.07 Å². The van der Waals surface area contributed by atoms with Crippen molar-refractivity contribution in [1.82, 2.24) is 9.97 Å². The molecule has 0 aliphatic rings. The highest BCUT2D eigenvalue weighted by Crippen LogP contribution is 2.25. The van der Waals surface area contributed by atoms with Crippen LogP contribution in [0.25, 0.3) is 11.3 Å². The van der Waals surface area contributed by atoms with Crippen molar-refractivity contribution in [3.63, 3.8) is 0 Å². The van der Waals surface area contributed by atoms with Gasteiger partial charge in [0.2, 0.25) is 5.95 Å². The Bertz CT molecular complexity index is 881. The zero-order valence-corrected chi connectivity index (χ0v) is 12.0. The van der Waals surface area contributed by atoms with Crippen LogP contribution in [0.1, 0.15) is 15.9 Å². The van der Waals surface area contributed by atoms with Gasteiger partial charge in [-0.2, -0.15) is 4.98 Å². The standard InChI is InChI=1S/C17H13FN4O/c18-13-14(21-17(20)22-16(13)19)11-7-4-8-12(9-11)15(23)10-5-2-1-3-6-10/h1-9H,(H4,19,20,21,22). The molecule has 0 saturated heterocycles. The molecular formula is C17H13FN4O. The van der Waals surface area contributed by atoms with E-state index in [4.69, 9.17) is 11.5 Å². The summed E-state index contributed by atoms with van der Waals surface area (Å²) in [6, 6.07) is 15.3. The second-order valence-electron chi connectivity index (χ2n) is 4.91. The van der Waals surface area contributed by atoms with Crippen molar-refractivity contribution in [2.24, 2.45) is 0 Å². The number of halogens is 1. The van der Waals surface area contributed by atoms with Crippen LogP contribution in [0.4, 0.5) is 16.2 Å². The van der Waals surface area contributed by atoms with E-state index in [9.17, 15) is 9.18 Å². The lowest BCUT2D eigenvalue weighted by Gasteiger charge is -2.07. The molecule has 2 aromatic carbocycles. The molecule has 0 amide bonds. The molecule has 23 heavy (non-hydrogen) atoms. The summed E-state index contributed by atoms with van der Waals surface area (Å²) in [5.74, 6) is -1.38. The van der Waals surface area contributed by atoms with Crippen molar-refractivity contribution in [3.8, 4) is 11.3 Å². The van der Waals surface area contributed by atoms with E-state index >= 15 is 0 Å². The zero-order valence-electron chi connectivity index (χ0n) is 12.0. The van der Waals surface area contributed by atoms with Crippen LogP contribution in [0, 0.1) is 5.82 Å². The minimum Gasteiger partial charge on any atom is -0.381 e. The Kier molecular flexibility index (Phi) is 3.72. The number of aromatic nitrogens is 2. The van der Waals surface area contributed by atoms with Crippen LogP contribution < -0.4 is 11.5 Å². The van der Waals surface area contributed by atoms with Crippen molar-refractivity contribution in [2.45, 2.75) is 0 Å². The summed E-state index contributed by atoms with van der Waals surface area (Å²) in [5.41, 5.74) is 12.3. The Balaban J connectivity index is 2.06. The average molecular weight is 308 g/mol. The molecule has 0 spiro atoms. The van der Waals surface area contributed by atoms with E-state index in [0.717, 1.165) is 0 Å². The molecule has 0 aliphatic carbocycles. The fourth-order valence-electron chi connectivity index (χ4n) is 2.24. The molecular weight excluding hydrogens is 295 g/mol. The smallest absolute Gasteiger partial charge is 0.222 e. The summed E-state index contributed by atoms with van der Waals surface area (Å²) in [7, 11) is 0. The Morgan fingerprint density at radius 1 is 0.913 bits per heavy atom. The summed E-state index contributed by atoms with van der Waals surface area (Å²) in [6.45, 7) is 0. The van der Waals surface area contributed by atoms with Crippen molar-refractivity contribution in [1.29, 1.82) is 0 Å². The first-order valence-corrected chi connectivity index (χ1v) is 6.85. The number of hydrogen-bond donors (Lipinski definition) is 2. The molecule has 0 bridgehead atoms. The highest BCUT2D eigenvalue weighted by molar-refractivity contribution is 6.09. The van der Waals surface area contributed by atoms with Crippen LogP contribution in [0.15, 0.2) is 54.6 Å². The maximum atomic E-state index is 14.1. The number of hydrogen-bond acceptors (Lipinski definition) is 5. The molecule has 5 nitrogen and oxygen atoms in total. The van der Waals surface area contributed by atoms with E-state index in [-0.39, 0.29) is 23.2 Å². The van der Waals surface area contributed by atoms with Gasteiger partial charge in [-0.15, -0.1) is 0 Å². The first kappa shape index (κ1) is 14.6. The number of nitrogen functional groups attached to an aromatic ring is 2. The average Bonchev–Trinajstić information content (AvgIpc) is 2.58. The van der Waals surface area contributed by atoms with Crippen molar-refractivity contribution < 1.29 is 9.18 Å². The molecule has 0 atom stereocenters. The number of carbonyl (C=O) groups is 1.